The second kappa shape index (κ2) is 8.39. The minimum atomic E-state index is -1.01. The van der Waals surface area contributed by atoms with E-state index in [0.29, 0.717) is 20.6 Å². The number of allylic oxidation sites excluding steroid dienone is 1. The van der Waals surface area contributed by atoms with Gasteiger partial charge in [0.25, 0.3) is 5.56 Å². The molecule has 4 rings (SSSR count). The highest BCUT2D eigenvalue weighted by molar-refractivity contribution is 7.07. The quantitative estimate of drug-likeness (QED) is 0.586. The number of fused-ring (bicyclic) bond motifs is 1. The highest BCUT2D eigenvalue weighted by atomic mass is 32.1. The van der Waals surface area contributed by atoms with Gasteiger partial charge in [-0.1, -0.05) is 41.7 Å². The SMILES string of the molecule is CCOC(=O)C1=C(C)N=c2sc(=Cc3ccc(F)cc3)c(=O)n2C1c1ccccc1F. The van der Waals surface area contributed by atoms with Crippen LogP contribution in [0.1, 0.15) is 31.0 Å². The van der Waals surface area contributed by atoms with E-state index < -0.39 is 23.4 Å². The van der Waals surface area contributed by atoms with Crippen LogP contribution in [0.3, 0.4) is 0 Å². The highest BCUT2D eigenvalue weighted by Crippen LogP contribution is 2.32. The molecule has 0 amide bonds. The minimum Gasteiger partial charge on any atom is -0.463 e. The van der Waals surface area contributed by atoms with Crippen LogP contribution in [0, 0.1) is 11.6 Å². The Hall–Kier alpha value is -3.39. The number of rotatable bonds is 4. The van der Waals surface area contributed by atoms with Crippen LogP contribution in [0.15, 0.2) is 69.6 Å². The Kier molecular flexibility index (Phi) is 5.65. The fourth-order valence-electron chi connectivity index (χ4n) is 3.49. The molecular weight excluding hydrogens is 422 g/mol. The van der Waals surface area contributed by atoms with Crippen LogP contribution in [-0.4, -0.2) is 17.1 Å². The first-order valence-electron chi connectivity index (χ1n) is 9.60. The van der Waals surface area contributed by atoms with Crippen molar-refractivity contribution in [1.29, 1.82) is 0 Å². The van der Waals surface area contributed by atoms with Crippen LogP contribution in [0.25, 0.3) is 6.08 Å². The first-order chi connectivity index (χ1) is 14.9. The normalized spacial score (nSPS) is 16.1. The summed E-state index contributed by atoms with van der Waals surface area (Å²) in [6.45, 7) is 3.44. The van der Waals surface area contributed by atoms with E-state index in [-0.39, 0.29) is 23.6 Å². The van der Waals surface area contributed by atoms with E-state index in [1.807, 2.05) is 0 Å². The van der Waals surface area contributed by atoms with Gasteiger partial charge < -0.3 is 4.74 Å². The maximum Gasteiger partial charge on any atom is 0.338 e. The molecule has 8 heteroatoms. The molecule has 0 bridgehead atoms. The van der Waals surface area contributed by atoms with Gasteiger partial charge in [-0.15, -0.1) is 0 Å². The Balaban J connectivity index is 1.97. The summed E-state index contributed by atoms with van der Waals surface area (Å²) in [5.74, 6) is -1.57. The summed E-state index contributed by atoms with van der Waals surface area (Å²) in [5, 5.41) is 0. The molecule has 0 saturated carbocycles. The monoisotopic (exact) mass is 440 g/mol. The van der Waals surface area contributed by atoms with Gasteiger partial charge in [-0.25, -0.2) is 18.6 Å². The standard InChI is InChI=1S/C23H18F2N2O3S/c1-3-30-22(29)19-13(2)26-23-27(20(19)16-6-4-5-7-17(16)25)21(28)18(31-23)12-14-8-10-15(24)11-9-14/h4-12,20H,3H2,1-2H3. The lowest BCUT2D eigenvalue weighted by Crippen LogP contribution is -2.40. The molecule has 0 radical (unpaired) electrons. The molecule has 1 aliphatic rings. The summed E-state index contributed by atoms with van der Waals surface area (Å²) >= 11 is 1.12. The van der Waals surface area contributed by atoms with Crippen molar-refractivity contribution < 1.29 is 18.3 Å². The molecule has 31 heavy (non-hydrogen) atoms. The van der Waals surface area contributed by atoms with Crippen molar-refractivity contribution in [2.24, 2.45) is 4.99 Å². The third-order valence-corrected chi connectivity index (χ3v) is 5.87. The number of aromatic nitrogens is 1. The molecule has 0 spiro atoms. The molecule has 2 aromatic carbocycles. The molecule has 2 heterocycles. The number of benzene rings is 2. The van der Waals surface area contributed by atoms with Crippen LogP contribution >= 0.6 is 11.3 Å². The molecule has 1 aliphatic heterocycles. The smallest absolute Gasteiger partial charge is 0.338 e. The second-order valence-corrected chi connectivity index (χ2v) is 7.88. The van der Waals surface area contributed by atoms with Gasteiger partial charge in [-0.05, 0) is 43.7 Å². The molecule has 0 aliphatic carbocycles. The molecular formula is C23H18F2N2O3S. The molecule has 1 atom stereocenters. The molecule has 0 saturated heterocycles. The number of esters is 1. The predicted octanol–water partition coefficient (Wildman–Crippen LogP) is 3.08. The van der Waals surface area contributed by atoms with Gasteiger partial charge in [0.1, 0.15) is 17.7 Å². The zero-order valence-corrected chi connectivity index (χ0v) is 17.6. The Morgan fingerprint density at radius 1 is 1.19 bits per heavy atom. The first-order valence-corrected chi connectivity index (χ1v) is 10.4. The number of halogens is 2. The fraction of sp³-hybridized carbons (Fsp3) is 0.174. The zero-order chi connectivity index (χ0) is 22.1. The number of carbonyl (C=O) groups is 1. The summed E-state index contributed by atoms with van der Waals surface area (Å²) in [5.41, 5.74) is 0.870. The van der Waals surface area contributed by atoms with Gasteiger partial charge in [-0.2, -0.15) is 0 Å². The lowest BCUT2D eigenvalue weighted by Gasteiger charge is -2.24. The van der Waals surface area contributed by atoms with E-state index in [4.69, 9.17) is 4.74 Å². The van der Waals surface area contributed by atoms with Crippen LogP contribution in [0.5, 0.6) is 0 Å². The summed E-state index contributed by atoms with van der Waals surface area (Å²) in [4.78, 5) is 30.8. The average molecular weight is 440 g/mol. The average Bonchev–Trinajstić information content (AvgIpc) is 3.04. The molecule has 0 fully saturated rings. The molecule has 1 unspecified atom stereocenters. The van der Waals surface area contributed by atoms with Gasteiger partial charge in [0.2, 0.25) is 0 Å². The first kappa shape index (κ1) is 20.9. The largest absolute Gasteiger partial charge is 0.463 e. The summed E-state index contributed by atoms with van der Waals surface area (Å²) in [7, 11) is 0. The van der Waals surface area contributed by atoms with E-state index in [2.05, 4.69) is 4.99 Å². The number of thiazole rings is 1. The van der Waals surface area contributed by atoms with Gasteiger partial charge in [0.15, 0.2) is 4.80 Å². The number of nitrogens with zero attached hydrogens (tertiary/aromatic N) is 2. The van der Waals surface area contributed by atoms with Crippen LogP contribution < -0.4 is 14.9 Å². The van der Waals surface area contributed by atoms with Crippen molar-refractivity contribution in [3.05, 3.63) is 102 Å². The van der Waals surface area contributed by atoms with Gasteiger partial charge in [0.05, 0.1) is 22.4 Å². The topological polar surface area (TPSA) is 60.7 Å². The maximum atomic E-state index is 14.8. The van der Waals surface area contributed by atoms with Crippen LogP contribution in [0.2, 0.25) is 0 Å². The van der Waals surface area contributed by atoms with E-state index in [9.17, 15) is 18.4 Å². The lowest BCUT2D eigenvalue weighted by molar-refractivity contribution is -0.139. The predicted molar refractivity (Wildman–Crippen MR) is 113 cm³/mol. The Morgan fingerprint density at radius 3 is 2.58 bits per heavy atom. The van der Waals surface area contributed by atoms with Crippen LogP contribution in [0.4, 0.5) is 8.78 Å². The molecule has 3 aromatic rings. The third kappa shape index (κ3) is 3.86. The van der Waals surface area contributed by atoms with E-state index in [0.717, 1.165) is 11.3 Å². The zero-order valence-electron chi connectivity index (χ0n) is 16.8. The molecule has 5 nitrogen and oxygen atoms in total. The summed E-state index contributed by atoms with van der Waals surface area (Å²) in [6, 6.07) is 10.7. The van der Waals surface area contributed by atoms with Gasteiger partial charge in [0, 0.05) is 5.56 Å². The van der Waals surface area contributed by atoms with Crippen molar-refractivity contribution in [3.8, 4) is 0 Å². The number of hydrogen-bond acceptors (Lipinski definition) is 5. The van der Waals surface area contributed by atoms with Gasteiger partial charge in [-0.3, -0.25) is 9.36 Å². The highest BCUT2D eigenvalue weighted by Gasteiger charge is 2.34. The Bertz CT molecular complexity index is 1370. The lowest BCUT2D eigenvalue weighted by atomic mass is 9.95. The van der Waals surface area contributed by atoms with Crippen molar-refractivity contribution in [3.63, 3.8) is 0 Å². The van der Waals surface area contributed by atoms with Crippen molar-refractivity contribution in [1.82, 2.24) is 4.57 Å². The van der Waals surface area contributed by atoms with Crippen molar-refractivity contribution in [2.45, 2.75) is 19.9 Å². The molecule has 158 valence electrons. The van der Waals surface area contributed by atoms with Crippen molar-refractivity contribution >= 4 is 23.4 Å². The van der Waals surface area contributed by atoms with E-state index in [1.54, 1.807) is 38.1 Å². The maximum absolute atomic E-state index is 14.8. The minimum absolute atomic E-state index is 0.118. The van der Waals surface area contributed by atoms with E-state index >= 15 is 0 Å². The summed E-state index contributed by atoms with van der Waals surface area (Å²) < 4.78 is 34.8. The van der Waals surface area contributed by atoms with Gasteiger partial charge >= 0.3 is 5.97 Å². The second-order valence-electron chi connectivity index (χ2n) is 6.88. The molecule has 1 aromatic heterocycles. The Labute approximate surface area is 180 Å². The third-order valence-electron chi connectivity index (χ3n) is 4.88. The summed E-state index contributed by atoms with van der Waals surface area (Å²) in [6.07, 6.45) is 1.62. The van der Waals surface area contributed by atoms with Crippen LogP contribution in [-0.2, 0) is 9.53 Å². The Morgan fingerprint density at radius 2 is 1.90 bits per heavy atom. The number of hydrogen-bond donors (Lipinski definition) is 0. The fourth-order valence-corrected chi connectivity index (χ4v) is 4.54. The van der Waals surface area contributed by atoms with Crippen molar-refractivity contribution in [2.75, 3.05) is 6.61 Å². The number of carbonyl (C=O) groups excluding carboxylic acids is 1. The number of ether oxygens (including phenoxy) is 1. The van der Waals surface area contributed by atoms with E-state index in [1.165, 1.54) is 34.9 Å². The molecule has 0 N–H and O–H groups in total.